The summed E-state index contributed by atoms with van der Waals surface area (Å²) in [5, 5.41) is 3.42. The number of benzene rings is 2. The molecule has 4 nitrogen and oxygen atoms in total. The third-order valence-corrected chi connectivity index (χ3v) is 4.30. The monoisotopic (exact) mass is 328 g/mol. The lowest BCUT2D eigenvalue weighted by Crippen LogP contribution is -2.11. The number of rotatable bonds is 5. The third kappa shape index (κ3) is 3.50. The van der Waals surface area contributed by atoms with E-state index >= 15 is 0 Å². The first-order valence-electron chi connectivity index (χ1n) is 8.15. The zero-order valence-corrected chi connectivity index (χ0v) is 13.6. The Balaban J connectivity index is 1.77. The van der Waals surface area contributed by atoms with E-state index in [9.17, 15) is 9.18 Å². The third-order valence-electron chi connectivity index (χ3n) is 4.30. The number of hydrogen-bond acceptors (Lipinski definition) is 4. The first-order valence-corrected chi connectivity index (χ1v) is 8.15. The van der Waals surface area contributed by atoms with Gasteiger partial charge in [0.15, 0.2) is 0 Å². The Morgan fingerprint density at radius 3 is 2.79 bits per heavy atom. The second kappa shape index (κ2) is 6.91. The van der Waals surface area contributed by atoms with Gasteiger partial charge in [0.1, 0.15) is 5.82 Å². The molecule has 0 spiro atoms. The molecule has 0 fully saturated rings. The summed E-state index contributed by atoms with van der Waals surface area (Å²) in [5.74, 6) is -0.511. The topological polar surface area (TPSA) is 64.3 Å². The van der Waals surface area contributed by atoms with Gasteiger partial charge in [-0.05, 0) is 66.8 Å². The zero-order chi connectivity index (χ0) is 17.1. The van der Waals surface area contributed by atoms with Crippen molar-refractivity contribution in [1.29, 1.82) is 0 Å². The molecule has 0 saturated carbocycles. The van der Waals surface area contributed by atoms with Gasteiger partial charge < -0.3 is 15.8 Å². The molecule has 2 aromatic rings. The molecule has 0 bridgehead atoms. The number of ether oxygens (including phenoxy) is 1. The van der Waals surface area contributed by atoms with Gasteiger partial charge in [0.2, 0.25) is 0 Å². The molecule has 0 amide bonds. The number of nitrogens with one attached hydrogen (secondary N) is 1. The van der Waals surface area contributed by atoms with Gasteiger partial charge in [0.05, 0.1) is 19.1 Å². The highest BCUT2D eigenvalue weighted by atomic mass is 19.1. The highest BCUT2D eigenvalue weighted by Gasteiger charge is 2.24. The second-order valence-electron chi connectivity index (χ2n) is 5.97. The summed E-state index contributed by atoms with van der Waals surface area (Å²) >= 11 is 0. The minimum absolute atomic E-state index is 0.143. The lowest BCUT2D eigenvalue weighted by Gasteiger charge is -2.17. The van der Waals surface area contributed by atoms with E-state index in [0.29, 0.717) is 12.3 Å². The van der Waals surface area contributed by atoms with Crippen molar-refractivity contribution in [3.63, 3.8) is 0 Å². The maximum Gasteiger partial charge on any atom is 0.310 e. The standard InChI is InChI=1S/C19H21FN2O2/c1-2-24-19(23)10-13-9-12-3-8-18(16(12)11-17(13)21)22-15-6-4-14(20)5-7-15/h4-7,9,11,18,22H,2-3,8,10,21H2,1H3. The van der Waals surface area contributed by atoms with Crippen LogP contribution in [0.25, 0.3) is 0 Å². The average molecular weight is 328 g/mol. The van der Waals surface area contributed by atoms with Gasteiger partial charge >= 0.3 is 5.97 Å². The number of halogens is 1. The molecule has 1 aliphatic carbocycles. The molecule has 1 aliphatic rings. The quantitative estimate of drug-likeness (QED) is 0.650. The summed E-state index contributed by atoms with van der Waals surface area (Å²) in [7, 11) is 0. The Morgan fingerprint density at radius 2 is 2.08 bits per heavy atom. The number of hydrogen-bond donors (Lipinski definition) is 2. The normalized spacial score (nSPS) is 15.8. The van der Waals surface area contributed by atoms with Crippen LogP contribution >= 0.6 is 0 Å². The van der Waals surface area contributed by atoms with E-state index in [1.807, 2.05) is 12.1 Å². The van der Waals surface area contributed by atoms with Crippen LogP contribution in [0.2, 0.25) is 0 Å². The fraction of sp³-hybridized carbons (Fsp3) is 0.316. The molecule has 0 aliphatic heterocycles. The van der Waals surface area contributed by atoms with Crippen LogP contribution in [0.4, 0.5) is 15.8 Å². The molecule has 0 heterocycles. The summed E-state index contributed by atoms with van der Waals surface area (Å²) < 4.78 is 18.0. The molecule has 3 N–H and O–H groups in total. The van der Waals surface area contributed by atoms with Gasteiger partial charge in [0.25, 0.3) is 0 Å². The van der Waals surface area contributed by atoms with Crippen LogP contribution in [0.1, 0.15) is 36.1 Å². The van der Waals surface area contributed by atoms with Crippen molar-refractivity contribution in [3.05, 3.63) is 58.9 Å². The van der Waals surface area contributed by atoms with Crippen molar-refractivity contribution in [2.24, 2.45) is 0 Å². The number of fused-ring (bicyclic) bond motifs is 1. The maximum atomic E-state index is 13.0. The molecule has 5 heteroatoms. The van der Waals surface area contributed by atoms with Crippen molar-refractivity contribution >= 4 is 17.3 Å². The Morgan fingerprint density at radius 1 is 1.33 bits per heavy atom. The fourth-order valence-electron chi connectivity index (χ4n) is 3.14. The zero-order valence-electron chi connectivity index (χ0n) is 13.6. The maximum absolute atomic E-state index is 13.0. The number of esters is 1. The van der Waals surface area contributed by atoms with Gasteiger partial charge in [-0.15, -0.1) is 0 Å². The molecule has 126 valence electrons. The number of nitrogen functional groups attached to an aromatic ring is 1. The molecular weight excluding hydrogens is 307 g/mol. The summed E-state index contributed by atoms with van der Waals surface area (Å²) in [4.78, 5) is 11.7. The first-order chi connectivity index (χ1) is 11.6. The van der Waals surface area contributed by atoms with Crippen molar-refractivity contribution in [2.45, 2.75) is 32.2 Å². The number of anilines is 2. The van der Waals surface area contributed by atoms with Gasteiger partial charge in [-0.3, -0.25) is 4.79 Å². The van der Waals surface area contributed by atoms with Crippen LogP contribution in [-0.2, 0) is 22.4 Å². The molecule has 1 atom stereocenters. The lowest BCUT2D eigenvalue weighted by molar-refractivity contribution is -0.142. The van der Waals surface area contributed by atoms with Crippen LogP contribution in [0.15, 0.2) is 36.4 Å². The van der Waals surface area contributed by atoms with Crippen molar-refractivity contribution < 1.29 is 13.9 Å². The number of carbonyl (C=O) groups is 1. The van der Waals surface area contributed by atoms with Gasteiger partial charge in [-0.2, -0.15) is 0 Å². The van der Waals surface area contributed by atoms with Gasteiger partial charge in [-0.25, -0.2) is 4.39 Å². The van der Waals surface area contributed by atoms with E-state index in [2.05, 4.69) is 5.32 Å². The Kier molecular flexibility index (Phi) is 4.69. The molecular formula is C19H21FN2O2. The van der Waals surface area contributed by atoms with E-state index in [4.69, 9.17) is 10.5 Å². The molecule has 0 radical (unpaired) electrons. The molecule has 2 aromatic carbocycles. The van der Waals surface area contributed by atoms with Gasteiger partial charge in [-0.1, -0.05) is 6.07 Å². The number of nitrogens with two attached hydrogens (primary N) is 1. The Hall–Kier alpha value is -2.56. The summed E-state index contributed by atoms with van der Waals surface area (Å²) in [5.41, 5.74) is 10.8. The molecule has 3 rings (SSSR count). The van der Waals surface area contributed by atoms with E-state index in [1.165, 1.54) is 17.7 Å². The van der Waals surface area contributed by atoms with Crippen molar-refractivity contribution in [3.8, 4) is 0 Å². The van der Waals surface area contributed by atoms with E-state index in [1.54, 1.807) is 19.1 Å². The minimum Gasteiger partial charge on any atom is -0.466 e. The summed E-state index contributed by atoms with van der Waals surface area (Å²) in [6.07, 6.45) is 2.06. The van der Waals surface area contributed by atoms with Crippen molar-refractivity contribution in [1.82, 2.24) is 0 Å². The predicted octanol–water partition coefficient (Wildman–Crippen LogP) is 3.61. The average Bonchev–Trinajstić information content (AvgIpc) is 2.92. The van der Waals surface area contributed by atoms with E-state index in [-0.39, 0.29) is 24.2 Å². The van der Waals surface area contributed by atoms with Crippen molar-refractivity contribution in [2.75, 3.05) is 17.7 Å². The van der Waals surface area contributed by atoms with Crippen LogP contribution in [0.5, 0.6) is 0 Å². The van der Waals surface area contributed by atoms with Crippen LogP contribution in [0, 0.1) is 5.82 Å². The largest absolute Gasteiger partial charge is 0.466 e. The lowest BCUT2D eigenvalue weighted by atomic mass is 10.0. The minimum atomic E-state index is -0.261. The summed E-state index contributed by atoms with van der Waals surface area (Å²) in [6, 6.07) is 10.4. The van der Waals surface area contributed by atoms with E-state index in [0.717, 1.165) is 29.7 Å². The molecule has 24 heavy (non-hydrogen) atoms. The second-order valence-corrected chi connectivity index (χ2v) is 5.97. The summed E-state index contributed by atoms with van der Waals surface area (Å²) in [6.45, 7) is 2.16. The molecule has 0 saturated heterocycles. The highest BCUT2D eigenvalue weighted by molar-refractivity contribution is 5.75. The number of carbonyl (C=O) groups excluding carboxylic acids is 1. The van der Waals surface area contributed by atoms with Crippen LogP contribution < -0.4 is 11.1 Å². The Bertz CT molecular complexity index is 744. The Labute approximate surface area is 140 Å². The highest BCUT2D eigenvalue weighted by Crippen LogP contribution is 2.36. The van der Waals surface area contributed by atoms with Gasteiger partial charge in [0, 0.05) is 11.4 Å². The van der Waals surface area contributed by atoms with Crippen LogP contribution in [-0.4, -0.2) is 12.6 Å². The predicted molar refractivity (Wildman–Crippen MR) is 92.3 cm³/mol. The first kappa shape index (κ1) is 16.3. The molecule has 0 aromatic heterocycles. The smallest absolute Gasteiger partial charge is 0.310 e. The van der Waals surface area contributed by atoms with E-state index < -0.39 is 0 Å². The number of aryl methyl sites for hydroxylation is 1. The fourth-order valence-corrected chi connectivity index (χ4v) is 3.14. The van der Waals surface area contributed by atoms with Crippen LogP contribution in [0.3, 0.4) is 0 Å². The SMILES string of the molecule is CCOC(=O)Cc1cc2c(cc1N)C(Nc1ccc(F)cc1)CC2. The molecule has 1 unspecified atom stereocenters.